The van der Waals surface area contributed by atoms with Crippen molar-refractivity contribution < 1.29 is 4.79 Å². The van der Waals surface area contributed by atoms with Crippen molar-refractivity contribution in [2.45, 2.75) is 53.0 Å². The van der Waals surface area contributed by atoms with Crippen LogP contribution in [0.3, 0.4) is 0 Å². The summed E-state index contributed by atoms with van der Waals surface area (Å²) in [7, 11) is 0. The maximum Gasteiger partial charge on any atom is 0.242 e. The summed E-state index contributed by atoms with van der Waals surface area (Å²) in [5, 5.41) is 0. The Balaban J connectivity index is 4.24. The van der Waals surface area contributed by atoms with Gasteiger partial charge in [-0.1, -0.05) is 20.8 Å². The van der Waals surface area contributed by atoms with Gasteiger partial charge in [-0.05, 0) is 46.3 Å². The number of likely N-dealkylation sites (N-methyl/N-ethyl adjacent to an activating group) is 1. The summed E-state index contributed by atoms with van der Waals surface area (Å²) in [6.45, 7) is 14.9. The molecule has 108 valence electrons. The van der Waals surface area contributed by atoms with E-state index in [1.54, 1.807) is 0 Å². The molecule has 0 spiro atoms. The van der Waals surface area contributed by atoms with Crippen molar-refractivity contribution in [3.63, 3.8) is 0 Å². The predicted octanol–water partition coefficient (Wildman–Crippen LogP) is 1.69. The second-order valence-electron chi connectivity index (χ2n) is 5.04. The Hall–Kier alpha value is -0.610. The highest BCUT2D eigenvalue weighted by Gasteiger charge is 2.29. The van der Waals surface area contributed by atoms with E-state index in [0.717, 1.165) is 39.1 Å². The van der Waals surface area contributed by atoms with Crippen LogP contribution in [0.2, 0.25) is 0 Å². The molecule has 0 heterocycles. The van der Waals surface area contributed by atoms with E-state index in [-0.39, 0.29) is 5.91 Å². The van der Waals surface area contributed by atoms with Crippen LogP contribution in [0.5, 0.6) is 0 Å². The molecule has 0 bridgehead atoms. The molecule has 2 N–H and O–H groups in total. The summed E-state index contributed by atoms with van der Waals surface area (Å²) < 4.78 is 0. The van der Waals surface area contributed by atoms with E-state index in [2.05, 4.69) is 18.7 Å². The molecule has 4 heteroatoms. The molecule has 0 aliphatic carbocycles. The highest BCUT2D eigenvalue weighted by molar-refractivity contribution is 5.85. The standard InChI is InChI=1S/C14H31N3O/c1-6-14(5,15)13(18)17(9-4)12-10-11-16(7-2)8-3/h6-12,15H2,1-5H3. The molecule has 0 aromatic heterocycles. The first-order valence-corrected chi connectivity index (χ1v) is 7.23. The zero-order valence-corrected chi connectivity index (χ0v) is 12.8. The van der Waals surface area contributed by atoms with Gasteiger partial charge >= 0.3 is 0 Å². The van der Waals surface area contributed by atoms with Crippen molar-refractivity contribution in [3.8, 4) is 0 Å². The van der Waals surface area contributed by atoms with Gasteiger partial charge in [-0.2, -0.15) is 0 Å². The van der Waals surface area contributed by atoms with Gasteiger partial charge in [-0.3, -0.25) is 4.79 Å². The molecule has 0 aromatic rings. The van der Waals surface area contributed by atoms with Crippen LogP contribution < -0.4 is 5.73 Å². The topological polar surface area (TPSA) is 49.6 Å². The Morgan fingerprint density at radius 3 is 2.00 bits per heavy atom. The Kier molecular flexibility index (Phi) is 8.20. The molecule has 0 aliphatic heterocycles. The van der Waals surface area contributed by atoms with E-state index in [4.69, 9.17) is 5.73 Å². The van der Waals surface area contributed by atoms with Gasteiger partial charge in [0.1, 0.15) is 0 Å². The normalized spacial score (nSPS) is 14.6. The first-order chi connectivity index (χ1) is 8.42. The van der Waals surface area contributed by atoms with Crippen molar-refractivity contribution in [1.29, 1.82) is 0 Å². The molecule has 4 nitrogen and oxygen atoms in total. The Bertz CT molecular complexity index is 237. The number of hydrogen-bond acceptors (Lipinski definition) is 3. The summed E-state index contributed by atoms with van der Waals surface area (Å²) in [6, 6.07) is 0. The Morgan fingerprint density at radius 1 is 1.06 bits per heavy atom. The molecule has 0 radical (unpaired) electrons. The molecule has 18 heavy (non-hydrogen) atoms. The molecule has 0 saturated heterocycles. The van der Waals surface area contributed by atoms with Crippen LogP contribution in [0.4, 0.5) is 0 Å². The van der Waals surface area contributed by atoms with Gasteiger partial charge in [0.15, 0.2) is 0 Å². The number of nitrogens with two attached hydrogens (primary N) is 1. The average Bonchev–Trinajstić information content (AvgIpc) is 2.38. The number of nitrogens with zero attached hydrogens (tertiary/aromatic N) is 2. The number of amides is 1. The molecule has 0 aliphatic rings. The lowest BCUT2D eigenvalue weighted by Gasteiger charge is -2.31. The molecule has 0 saturated carbocycles. The van der Waals surface area contributed by atoms with E-state index in [1.165, 1.54) is 0 Å². The van der Waals surface area contributed by atoms with Gasteiger partial charge < -0.3 is 15.5 Å². The van der Waals surface area contributed by atoms with Crippen LogP contribution in [0.1, 0.15) is 47.5 Å². The molecular weight excluding hydrogens is 226 g/mol. The lowest BCUT2D eigenvalue weighted by Crippen LogP contribution is -2.53. The Labute approximate surface area is 113 Å². The second-order valence-corrected chi connectivity index (χ2v) is 5.04. The van der Waals surface area contributed by atoms with E-state index in [0.29, 0.717) is 6.42 Å². The largest absolute Gasteiger partial charge is 0.341 e. The van der Waals surface area contributed by atoms with Crippen LogP contribution in [-0.4, -0.2) is 54.0 Å². The van der Waals surface area contributed by atoms with Crippen LogP contribution in [-0.2, 0) is 4.79 Å². The minimum absolute atomic E-state index is 0.0760. The van der Waals surface area contributed by atoms with Gasteiger partial charge in [0.25, 0.3) is 0 Å². The first kappa shape index (κ1) is 17.4. The summed E-state index contributed by atoms with van der Waals surface area (Å²) in [6.07, 6.45) is 1.69. The van der Waals surface area contributed by atoms with Crippen molar-refractivity contribution in [1.82, 2.24) is 9.80 Å². The van der Waals surface area contributed by atoms with Gasteiger partial charge in [-0.25, -0.2) is 0 Å². The molecular formula is C14H31N3O. The fourth-order valence-electron chi connectivity index (χ4n) is 1.94. The second kappa shape index (κ2) is 8.48. The SMILES string of the molecule is CCN(CC)CCCN(CC)C(=O)C(C)(N)CC. The minimum Gasteiger partial charge on any atom is -0.341 e. The number of hydrogen-bond donors (Lipinski definition) is 1. The quantitative estimate of drug-likeness (QED) is 0.684. The van der Waals surface area contributed by atoms with Crippen LogP contribution >= 0.6 is 0 Å². The molecule has 1 amide bonds. The van der Waals surface area contributed by atoms with E-state index in [9.17, 15) is 4.79 Å². The van der Waals surface area contributed by atoms with Crippen LogP contribution in [0.25, 0.3) is 0 Å². The van der Waals surface area contributed by atoms with Crippen LogP contribution in [0.15, 0.2) is 0 Å². The summed E-state index contributed by atoms with van der Waals surface area (Å²) in [4.78, 5) is 16.5. The lowest BCUT2D eigenvalue weighted by molar-refractivity contribution is -0.136. The zero-order valence-electron chi connectivity index (χ0n) is 12.8. The Morgan fingerprint density at radius 2 is 1.61 bits per heavy atom. The van der Waals surface area contributed by atoms with Gasteiger partial charge in [-0.15, -0.1) is 0 Å². The third-order valence-corrected chi connectivity index (χ3v) is 3.69. The van der Waals surface area contributed by atoms with Crippen molar-refractivity contribution in [2.24, 2.45) is 5.73 Å². The van der Waals surface area contributed by atoms with Crippen molar-refractivity contribution in [3.05, 3.63) is 0 Å². The fraction of sp³-hybridized carbons (Fsp3) is 0.929. The van der Waals surface area contributed by atoms with Crippen molar-refractivity contribution >= 4 is 5.91 Å². The monoisotopic (exact) mass is 257 g/mol. The lowest BCUT2D eigenvalue weighted by atomic mass is 9.98. The molecule has 0 aromatic carbocycles. The molecule has 0 fully saturated rings. The fourth-order valence-corrected chi connectivity index (χ4v) is 1.94. The number of carbonyl (C=O) groups excluding carboxylic acids is 1. The van der Waals surface area contributed by atoms with E-state index in [1.807, 2.05) is 25.7 Å². The molecule has 1 atom stereocenters. The minimum atomic E-state index is -0.717. The summed E-state index contributed by atoms with van der Waals surface area (Å²) >= 11 is 0. The zero-order chi connectivity index (χ0) is 14.2. The van der Waals surface area contributed by atoms with Gasteiger partial charge in [0.2, 0.25) is 5.91 Å². The van der Waals surface area contributed by atoms with E-state index >= 15 is 0 Å². The van der Waals surface area contributed by atoms with E-state index < -0.39 is 5.54 Å². The van der Waals surface area contributed by atoms with Gasteiger partial charge in [0, 0.05) is 13.1 Å². The van der Waals surface area contributed by atoms with Crippen LogP contribution in [0, 0.1) is 0 Å². The summed E-state index contributed by atoms with van der Waals surface area (Å²) in [5.41, 5.74) is 5.30. The third-order valence-electron chi connectivity index (χ3n) is 3.69. The first-order valence-electron chi connectivity index (χ1n) is 7.23. The maximum atomic E-state index is 12.2. The predicted molar refractivity (Wildman–Crippen MR) is 77.5 cm³/mol. The smallest absolute Gasteiger partial charge is 0.242 e. The highest BCUT2D eigenvalue weighted by atomic mass is 16.2. The highest BCUT2D eigenvalue weighted by Crippen LogP contribution is 2.10. The number of rotatable bonds is 9. The maximum absolute atomic E-state index is 12.2. The summed E-state index contributed by atoms with van der Waals surface area (Å²) in [5.74, 6) is 0.0760. The van der Waals surface area contributed by atoms with Crippen molar-refractivity contribution in [2.75, 3.05) is 32.7 Å². The van der Waals surface area contributed by atoms with Gasteiger partial charge in [0.05, 0.1) is 5.54 Å². The molecule has 1 unspecified atom stereocenters. The number of carbonyl (C=O) groups is 1. The average molecular weight is 257 g/mol. The third kappa shape index (κ3) is 5.36. The molecule has 0 rings (SSSR count).